The fourth-order valence-corrected chi connectivity index (χ4v) is 6.30. The van der Waals surface area contributed by atoms with Crippen LogP contribution in [0.2, 0.25) is 0 Å². The Hall–Kier alpha value is -1.59. The van der Waals surface area contributed by atoms with E-state index in [1.807, 2.05) is 24.4 Å². The van der Waals surface area contributed by atoms with Gasteiger partial charge in [0, 0.05) is 0 Å². The number of aromatic nitrogens is 2. The van der Waals surface area contributed by atoms with Gasteiger partial charge in [-0.15, -0.1) is 32.9 Å². The molecule has 0 saturated carbocycles. The summed E-state index contributed by atoms with van der Waals surface area (Å²) in [5.74, 6) is 1.14. The lowest BCUT2D eigenvalue weighted by Gasteiger charge is -2.33. The van der Waals surface area contributed by atoms with Crippen LogP contribution in [0.25, 0.3) is 10.8 Å². The van der Waals surface area contributed by atoms with Gasteiger partial charge in [0.05, 0.1) is 31.1 Å². The summed E-state index contributed by atoms with van der Waals surface area (Å²) in [4.78, 5) is 2.21. The lowest BCUT2D eigenvalue weighted by atomic mass is 10.2. The third-order valence-corrected chi connectivity index (χ3v) is 8.74. The van der Waals surface area contributed by atoms with Crippen LogP contribution in [0.1, 0.15) is 18.9 Å². The Bertz CT molecular complexity index is 943. The molecule has 1 saturated heterocycles. The molecule has 1 aliphatic rings. The summed E-state index contributed by atoms with van der Waals surface area (Å²) < 4.78 is 33.0. The summed E-state index contributed by atoms with van der Waals surface area (Å²) in [6, 6.07) is 7.36. The molecule has 0 aliphatic carbocycles. The highest BCUT2D eigenvalue weighted by atomic mass is 32.2. The summed E-state index contributed by atoms with van der Waals surface area (Å²) in [5, 5.41) is 12.1. The average Bonchev–Trinajstić information content (AvgIpc) is 3.43. The molecule has 138 valence electrons. The van der Waals surface area contributed by atoms with E-state index in [1.54, 1.807) is 33.2 Å². The lowest BCUT2D eigenvalue weighted by molar-refractivity contribution is -0.934. The molecular weight excluding hydrogens is 392 g/mol. The standard InChI is InChI=1S/C16H18N4O3S3/c1-12(15-17-18-16(23-15)13-4-2-10-24-13)19-6-8-20(9-7-19)26(21,22)14-5-3-11-25-14/h2-5,10-12H,6-9H2,1H3/p+1/t12-/m1/s1. The lowest BCUT2D eigenvalue weighted by Crippen LogP contribution is -3.14. The summed E-state index contributed by atoms with van der Waals surface area (Å²) in [7, 11) is -3.37. The summed E-state index contributed by atoms with van der Waals surface area (Å²) in [5.41, 5.74) is 0. The van der Waals surface area contributed by atoms with Crippen LogP contribution in [0.15, 0.2) is 43.7 Å². The first-order chi connectivity index (χ1) is 12.6. The zero-order valence-electron chi connectivity index (χ0n) is 14.2. The number of rotatable bonds is 5. The van der Waals surface area contributed by atoms with E-state index in [0.29, 0.717) is 42.2 Å². The maximum Gasteiger partial charge on any atom is 0.274 e. The van der Waals surface area contributed by atoms with E-state index < -0.39 is 10.0 Å². The molecule has 0 radical (unpaired) electrons. The van der Waals surface area contributed by atoms with Crippen molar-refractivity contribution >= 4 is 32.7 Å². The van der Waals surface area contributed by atoms with Crippen molar-refractivity contribution in [3.63, 3.8) is 0 Å². The smallest absolute Gasteiger partial charge is 0.274 e. The minimum atomic E-state index is -3.37. The molecule has 10 heteroatoms. The quantitative estimate of drug-likeness (QED) is 0.688. The number of thiophene rings is 2. The Morgan fingerprint density at radius 3 is 2.54 bits per heavy atom. The molecule has 0 unspecified atom stereocenters. The van der Waals surface area contributed by atoms with Crippen LogP contribution < -0.4 is 4.90 Å². The molecule has 1 N–H and O–H groups in total. The van der Waals surface area contributed by atoms with E-state index in [4.69, 9.17) is 4.42 Å². The summed E-state index contributed by atoms with van der Waals surface area (Å²) in [6.07, 6.45) is 0. The molecule has 26 heavy (non-hydrogen) atoms. The predicted octanol–water partition coefficient (Wildman–Crippen LogP) is 1.51. The fraction of sp³-hybridized carbons (Fsp3) is 0.375. The first-order valence-electron chi connectivity index (χ1n) is 8.31. The van der Waals surface area contributed by atoms with Crippen LogP contribution in [0.4, 0.5) is 0 Å². The van der Waals surface area contributed by atoms with E-state index in [-0.39, 0.29) is 6.04 Å². The molecule has 7 nitrogen and oxygen atoms in total. The number of nitrogens with one attached hydrogen (secondary N) is 1. The molecule has 3 aromatic heterocycles. The highest BCUT2D eigenvalue weighted by Crippen LogP contribution is 2.24. The number of hydrogen-bond donors (Lipinski definition) is 1. The number of quaternary nitrogens is 1. The maximum absolute atomic E-state index is 12.6. The van der Waals surface area contributed by atoms with Crippen molar-refractivity contribution in [2.24, 2.45) is 0 Å². The largest absolute Gasteiger partial charge is 0.414 e. The second kappa shape index (κ2) is 7.20. The zero-order valence-corrected chi connectivity index (χ0v) is 16.6. The topological polar surface area (TPSA) is 80.7 Å². The molecule has 0 bridgehead atoms. The third-order valence-electron chi connectivity index (χ3n) is 4.61. The van der Waals surface area contributed by atoms with Crippen molar-refractivity contribution in [3.05, 3.63) is 40.9 Å². The van der Waals surface area contributed by atoms with Gasteiger partial charge in [0.1, 0.15) is 4.21 Å². The molecule has 1 fully saturated rings. The molecule has 0 spiro atoms. The molecule has 0 amide bonds. The van der Waals surface area contributed by atoms with E-state index in [0.717, 1.165) is 4.88 Å². The van der Waals surface area contributed by atoms with Crippen molar-refractivity contribution in [3.8, 4) is 10.8 Å². The fourth-order valence-electron chi connectivity index (χ4n) is 3.07. The van der Waals surface area contributed by atoms with Gasteiger partial charge in [-0.2, -0.15) is 4.31 Å². The van der Waals surface area contributed by atoms with Gasteiger partial charge in [0.2, 0.25) is 0 Å². The minimum Gasteiger partial charge on any atom is -0.414 e. The number of hydrogen-bond acceptors (Lipinski definition) is 7. The van der Waals surface area contributed by atoms with Crippen LogP contribution in [0, 0.1) is 0 Å². The Kier molecular flexibility index (Phi) is 4.93. The van der Waals surface area contributed by atoms with Crippen molar-refractivity contribution in [1.82, 2.24) is 14.5 Å². The minimum absolute atomic E-state index is 0.0304. The van der Waals surface area contributed by atoms with Gasteiger partial charge < -0.3 is 9.32 Å². The van der Waals surface area contributed by atoms with E-state index in [9.17, 15) is 8.42 Å². The second-order valence-corrected chi connectivity index (χ2v) is 10.2. The highest BCUT2D eigenvalue weighted by molar-refractivity contribution is 7.91. The monoisotopic (exact) mass is 411 g/mol. The molecule has 1 atom stereocenters. The maximum atomic E-state index is 12.6. The molecule has 1 aliphatic heterocycles. The summed E-state index contributed by atoms with van der Waals surface area (Å²) in [6.45, 7) is 4.45. The Labute approximate surface area is 159 Å². The highest BCUT2D eigenvalue weighted by Gasteiger charge is 2.34. The summed E-state index contributed by atoms with van der Waals surface area (Å²) >= 11 is 2.82. The van der Waals surface area contributed by atoms with Crippen LogP contribution in [0.5, 0.6) is 0 Å². The number of piperazine rings is 1. The molecule has 0 aromatic carbocycles. The van der Waals surface area contributed by atoms with Crippen molar-refractivity contribution in [2.45, 2.75) is 17.2 Å². The van der Waals surface area contributed by atoms with E-state index >= 15 is 0 Å². The molecule has 3 aromatic rings. The van der Waals surface area contributed by atoms with Gasteiger partial charge >= 0.3 is 0 Å². The van der Waals surface area contributed by atoms with Crippen LogP contribution in [-0.2, 0) is 10.0 Å². The van der Waals surface area contributed by atoms with Crippen molar-refractivity contribution in [2.75, 3.05) is 26.2 Å². The molecule has 4 rings (SSSR count). The van der Waals surface area contributed by atoms with Gasteiger partial charge in [-0.25, -0.2) is 8.42 Å². The zero-order chi connectivity index (χ0) is 18.1. The van der Waals surface area contributed by atoms with Crippen LogP contribution in [0.3, 0.4) is 0 Å². The van der Waals surface area contributed by atoms with E-state index in [2.05, 4.69) is 10.2 Å². The first-order valence-corrected chi connectivity index (χ1v) is 11.5. The molecular formula is C16H19N4O3S3+. The van der Waals surface area contributed by atoms with Gasteiger partial charge in [0.15, 0.2) is 6.04 Å². The second-order valence-electron chi connectivity index (χ2n) is 6.14. The van der Waals surface area contributed by atoms with Crippen molar-refractivity contribution < 1.29 is 17.7 Å². The molecule has 4 heterocycles. The predicted molar refractivity (Wildman–Crippen MR) is 99.8 cm³/mol. The number of nitrogens with zero attached hydrogens (tertiary/aromatic N) is 3. The van der Waals surface area contributed by atoms with Gasteiger partial charge in [-0.1, -0.05) is 12.1 Å². The van der Waals surface area contributed by atoms with Crippen LogP contribution in [-0.4, -0.2) is 49.1 Å². The van der Waals surface area contributed by atoms with Gasteiger partial charge in [0.25, 0.3) is 21.8 Å². The number of sulfonamides is 1. The van der Waals surface area contributed by atoms with E-state index in [1.165, 1.54) is 16.2 Å². The van der Waals surface area contributed by atoms with Crippen LogP contribution >= 0.6 is 22.7 Å². The Balaban J connectivity index is 1.42. The average molecular weight is 412 g/mol. The first kappa shape index (κ1) is 17.8. The third kappa shape index (κ3) is 3.35. The van der Waals surface area contributed by atoms with Gasteiger partial charge in [-0.3, -0.25) is 0 Å². The Morgan fingerprint density at radius 2 is 1.88 bits per heavy atom. The normalized spacial score (nSPS) is 18.2. The SMILES string of the molecule is C[C@H](c1nnc(-c2cccs2)o1)[NH+]1CCN(S(=O)(=O)c2cccs2)CC1. The van der Waals surface area contributed by atoms with Crippen molar-refractivity contribution in [1.29, 1.82) is 0 Å². The van der Waals surface area contributed by atoms with Gasteiger partial charge in [-0.05, 0) is 29.8 Å². The Morgan fingerprint density at radius 1 is 1.15 bits per heavy atom.